The zero-order valence-corrected chi connectivity index (χ0v) is 13.9. The Labute approximate surface area is 147 Å². The van der Waals surface area contributed by atoms with E-state index < -0.39 is 12.1 Å². The summed E-state index contributed by atoms with van der Waals surface area (Å²) in [5, 5.41) is 15.2. The molecule has 0 aliphatic carbocycles. The Kier molecular flexibility index (Phi) is 4.48. The number of rotatable bonds is 3. The van der Waals surface area contributed by atoms with Gasteiger partial charge in [0.05, 0.1) is 18.1 Å². The lowest BCUT2D eigenvalue weighted by atomic mass is 10.2. The van der Waals surface area contributed by atoms with Gasteiger partial charge in [-0.15, -0.1) is 0 Å². The third-order valence-electron chi connectivity index (χ3n) is 3.20. The van der Waals surface area contributed by atoms with E-state index in [2.05, 4.69) is 38.2 Å². The fraction of sp³-hybridized carbons (Fsp3) is 0.143. The van der Waals surface area contributed by atoms with Crippen LogP contribution in [0.5, 0.6) is 0 Å². The van der Waals surface area contributed by atoms with Crippen LogP contribution in [0.4, 0.5) is 15.4 Å². The normalized spacial score (nSPS) is 10.6. The van der Waals surface area contributed by atoms with Gasteiger partial charge in [-0.1, -0.05) is 12.8 Å². The van der Waals surface area contributed by atoms with Crippen molar-refractivity contribution in [3.63, 3.8) is 0 Å². The Balaban J connectivity index is 1.98. The quantitative estimate of drug-likeness (QED) is 0.609. The van der Waals surface area contributed by atoms with Gasteiger partial charge >= 0.3 is 12.1 Å². The molecule has 0 unspecified atom stereocenters. The van der Waals surface area contributed by atoms with Gasteiger partial charge in [-0.25, -0.2) is 23.9 Å². The van der Waals surface area contributed by atoms with Crippen LogP contribution < -0.4 is 9.62 Å². The summed E-state index contributed by atoms with van der Waals surface area (Å²) in [7, 11) is 0. The maximum absolute atomic E-state index is 11.8. The summed E-state index contributed by atoms with van der Waals surface area (Å²) in [5.41, 5.74) is 1.71. The van der Waals surface area contributed by atoms with Crippen LogP contribution in [0.15, 0.2) is 30.7 Å². The molecular formula is C14H13N7O3S. The Morgan fingerprint density at radius 2 is 2.12 bits per heavy atom. The van der Waals surface area contributed by atoms with Crippen molar-refractivity contribution in [2.45, 2.75) is 6.92 Å². The summed E-state index contributed by atoms with van der Waals surface area (Å²) < 4.78 is 1.84. The second-order valence-electron chi connectivity index (χ2n) is 4.87. The summed E-state index contributed by atoms with van der Waals surface area (Å²) in [5.74, 6) is 0.287. The summed E-state index contributed by atoms with van der Waals surface area (Å²) in [6, 6.07) is 2.85. The second-order valence-corrected chi connectivity index (χ2v) is 5.27. The number of carboxylic acid groups (broad SMARTS) is 1. The molecule has 0 spiro atoms. The predicted molar refractivity (Wildman–Crippen MR) is 92.5 cm³/mol. The van der Waals surface area contributed by atoms with Crippen LogP contribution >= 0.6 is 12.8 Å². The molecule has 0 fully saturated rings. The Hall–Kier alpha value is -3.21. The number of nitrogens with one attached hydrogen (secondary N) is 1. The Morgan fingerprint density at radius 1 is 1.32 bits per heavy atom. The van der Waals surface area contributed by atoms with E-state index in [1.165, 1.54) is 18.6 Å². The van der Waals surface area contributed by atoms with Crippen LogP contribution in [0, 0.1) is 0 Å². The molecule has 11 heteroatoms. The summed E-state index contributed by atoms with van der Waals surface area (Å²) in [6.07, 6.45) is 2.98. The second kappa shape index (κ2) is 6.73. The first kappa shape index (κ1) is 16.6. The summed E-state index contributed by atoms with van der Waals surface area (Å²) >= 11 is 4.13. The highest BCUT2D eigenvalue weighted by Crippen LogP contribution is 2.21. The van der Waals surface area contributed by atoms with Crippen molar-refractivity contribution in [2.24, 2.45) is 0 Å². The molecule has 10 nitrogen and oxygen atoms in total. The minimum absolute atomic E-state index is 0.287. The summed E-state index contributed by atoms with van der Waals surface area (Å²) in [4.78, 5) is 35.6. The number of hydrogen-bond acceptors (Lipinski definition) is 7. The molecule has 0 aliphatic rings. The monoisotopic (exact) mass is 359 g/mol. The molecule has 0 aromatic carbocycles. The van der Waals surface area contributed by atoms with Crippen molar-refractivity contribution >= 4 is 41.9 Å². The molecule has 25 heavy (non-hydrogen) atoms. The van der Waals surface area contributed by atoms with Gasteiger partial charge in [-0.2, -0.15) is 9.78 Å². The van der Waals surface area contributed by atoms with Crippen molar-refractivity contribution in [3.05, 3.63) is 30.7 Å². The van der Waals surface area contributed by atoms with E-state index in [4.69, 9.17) is 5.11 Å². The van der Waals surface area contributed by atoms with E-state index in [1.807, 2.05) is 0 Å². The first-order valence-corrected chi connectivity index (χ1v) is 7.58. The molecule has 0 saturated carbocycles. The highest BCUT2D eigenvalue weighted by atomic mass is 32.1. The van der Waals surface area contributed by atoms with Crippen LogP contribution in [-0.4, -0.2) is 48.5 Å². The van der Waals surface area contributed by atoms with Gasteiger partial charge in [0.2, 0.25) is 0 Å². The van der Waals surface area contributed by atoms with Gasteiger partial charge in [0.25, 0.3) is 0 Å². The highest BCUT2D eigenvalue weighted by molar-refractivity contribution is 7.82. The highest BCUT2D eigenvalue weighted by Gasteiger charge is 2.14. The molecule has 0 atom stereocenters. The summed E-state index contributed by atoms with van der Waals surface area (Å²) in [6.45, 7) is 2.25. The minimum atomic E-state index is -1.20. The molecular weight excluding hydrogens is 346 g/mol. The average molecular weight is 359 g/mol. The molecule has 3 rings (SSSR count). The van der Waals surface area contributed by atoms with E-state index in [1.54, 1.807) is 19.1 Å². The number of pyridine rings is 1. The standard InChI is InChI=1S/C14H13N7O3S/c1-2-15-13(22)21(25)11-4-3-9-12(19-11)18-10(6-16-9)8-5-17-20(7-8)14(23)24/h3-7,25H,2H2,1H3,(H,15,22)(H,23,24). The number of anilines is 1. The van der Waals surface area contributed by atoms with Crippen molar-refractivity contribution in [2.75, 3.05) is 10.8 Å². The van der Waals surface area contributed by atoms with E-state index in [-0.39, 0.29) is 5.82 Å². The number of carbonyl (C=O) groups excluding carboxylic acids is 1. The molecule has 2 N–H and O–H groups in total. The average Bonchev–Trinajstić information content (AvgIpc) is 3.10. The molecule has 0 aliphatic heterocycles. The predicted octanol–water partition coefficient (Wildman–Crippen LogP) is 1.80. The van der Waals surface area contributed by atoms with Gasteiger partial charge in [0.1, 0.15) is 11.3 Å². The fourth-order valence-corrected chi connectivity index (χ4v) is 2.22. The molecule has 3 aromatic heterocycles. The SMILES string of the molecule is CCNC(=O)N(S)c1ccc2ncc(-c3cnn(C(=O)O)c3)nc2n1. The zero-order valence-electron chi connectivity index (χ0n) is 13.0. The number of fused-ring (bicyclic) bond motifs is 1. The number of amides is 2. The van der Waals surface area contributed by atoms with Gasteiger partial charge in [0.15, 0.2) is 5.65 Å². The van der Waals surface area contributed by atoms with Crippen molar-refractivity contribution < 1.29 is 14.7 Å². The zero-order chi connectivity index (χ0) is 18.0. The fourth-order valence-electron chi connectivity index (χ4n) is 2.03. The van der Waals surface area contributed by atoms with Crippen LogP contribution in [-0.2, 0) is 0 Å². The van der Waals surface area contributed by atoms with Gasteiger partial charge in [-0.05, 0) is 19.1 Å². The van der Waals surface area contributed by atoms with Crippen LogP contribution in [0.3, 0.4) is 0 Å². The number of urea groups is 1. The van der Waals surface area contributed by atoms with Crippen LogP contribution in [0.1, 0.15) is 6.92 Å². The lowest BCUT2D eigenvalue weighted by Crippen LogP contribution is -2.34. The molecule has 0 radical (unpaired) electrons. The Morgan fingerprint density at radius 3 is 2.80 bits per heavy atom. The molecule has 2 amide bonds. The van der Waals surface area contributed by atoms with Crippen LogP contribution in [0.2, 0.25) is 0 Å². The third-order valence-corrected chi connectivity index (χ3v) is 3.59. The number of thiol groups is 1. The molecule has 128 valence electrons. The molecule has 3 aromatic rings. The van der Waals surface area contributed by atoms with Crippen LogP contribution in [0.25, 0.3) is 22.4 Å². The van der Waals surface area contributed by atoms with E-state index in [0.717, 1.165) is 8.99 Å². The lowest BCUT2D eigenvalue weighted by Gasteiger charge is -2.14. The first-order valence-electron chi connectivity index (χ1n) is 7.18. The number of hydrogen-bond donors (Lipinski definition) is 3. The smallest absolute Gasteiger partial charge is 0.432 e. The number of aromatic nitrogens is 5. The lowest BCUT2D eigenvalue weighted by molar-refractivity contribution is 0.192. The van der Waals surface area contributed by atoms with Crippen molar-refractivity contribution in [3.8, 4) is 11.3 Å². The number of carbonyl (C=O) groups is 2. The number of nitrogens with zero attached hydrogens (tertiary/aromatic N) is 6. The van der Waals surface area contributed by atoms with Gasteiger partial charge < -0.3 is 10.4 Å². The van der Waals surface area contributed by atoms with E-state index in [0.29, 0.717) is 29.0 Å². The largest absolute Gasteiger partial charge is 0.463 e. The molecule has 0 saturated heterocycles. The van der Waals surface area contributed by atoms with Gasteiger partial charge in [-0.3, -0.25) is 4.98 Å². The first-order chi connectivity index (χ1) is 12.0. The maximum Gasteiger partial charge on any atom is 0.432 e. The minimum Gasteiger partial charge on any atom is -0.463 e. The topological polar surface area (TPSA) is 126 Å². The molecule has 0 bridgehead atoms. The van der Waals surface area contributed by atoms with Gasteiger partial charge in [0, 0.05) is 18.3 Å². The maximum atomic E-state index is 11.8. The Bertz CT molecular complexity index is 959. The van der Waals surface area contributed by atoms with Crippen molar-refractivity contribution in [1.82, 2.24) is 30.0 Å². The van der Waals surface area contributed by atoms with E-state index in [9.17, 15) is 9.59 Å². The van der Waals surface area contributed by atoms with E-state index >= 15 is 0 Å². The van der Waals surface area contributed by atoms with Crippen molar-refractivity contribution in [1.29, 1.82) is 0 Å². The third kappa shape index (κ3) is 3.35. The molecule has 3 heterocycles.